The molecule has 0 unspecified atom stereocenters. The monoisotopic (exact) mass is 409 g/mol. The fourth-order valence-corrected chi connectivity index (χ4v) is 4.10. The minimum atomic E-state index is 0.0370. The van der Waals surface area contributed by atoms with Crippen LogP contribution in [0.3, 0.4) is 0 Å². The molecule has 0 saturated carbocycles. The van der Waals surface area contributed by atoms with Gasteiger partial charge < -0.3 is 9.80 Å². The number of piperazine rings is 1. The number of aryl methyl sites for hydroxylation is 1. The first-order valence-corrected chi connectivity index (χ1v) is 10.5. The van der Waals surface area contributed by atoms with Gasteiger partial charge in [-0.2, -0.15) is 0 Å². The lowest BCUT2D eigenvalue weighted by atomic mass is 10.1. The molecule has 6 nitrogen and oxygen atoms in total. The predicted octanol–water partition coefficient (Wildman–Crippen LogP) is 3.96. The summed E-state index contributed by atoms with van der Waals surface area (Å²) in [5.74, 6) is 0.0370. The first-order valence-electron chi connectivity index (χ1n) is 10.5. The van der Waals surface area contributed by atoms with Gasteiger partial charge in [-0.15, -0.1) is 0 Å². The minimum Gasteiger partial charge on any atom is -0.367 e. The summed E-state index contributed by atoms with van der Waals surface area (Å²) >= 11 is 0. The second-order valence-electron chi connectivity index (χ2n) is 7.72. The van der Waals surface area contributed by atoms with Crippen LogP contribution in [0.15, 0.2) is 73.1 Å². The van der Waals surface area contributed by atoms with Crippen molar-refractivity contribution in [1.82, 2.24) is 19.9 Å². The van der Waals surface area contributed by atoms with Gasteiger partial charge in [0.1, 0.15) is 0 Å². The lowest BCUT2D eigenvalue weighted by molar-refractivity contribution is 0.0747. The van der Waals surface area contributed by atoms with E-state index >= 15 is 0 Å². The Morgan fingerprint density at radius 1 is 0.839 bits per heavy atom. The van der Waals surface area contributed by atoms with Crippen LogP contribution in [0.25, 0.3) is 22.3 Å². The maximum absolute atomic E-state index is 13.1. The molecule has 31 heavy (non-hydrogen) atoms. The molecule has 154 valence electrons. The van der Waals surface area contributed by atoms with E-state index in [1.807, 2.05) is 54.3 Å². The maximum atomic E-state index is 13.1. The van der Waals surface area contributed by atoms with Crippen molar-refractivity contribution in [3.05, 3.63) is 84.3 Å². The molecule has 1 fully saturated rings. The standard InChI is InChI=1S/C25H23N5O/c1-18-16-24(20-6-2-3-7-21(20)28-18)29-12-14-30(15-13-29)25(31)19-9-11-27-23(17-19)22-8-4-5-10-26-22/h2-11,16-17H,12-15H2,1H3. The molecule has 0 bridgehead atoms. The van der Waals surface area contributed by atoms with Crippen LogP contribution < -0.4 is 4.90 Å². The molecule has 1 saturated heterocycles. The van der Waals surface area contributed by atoms with E-state index in [-0.39, 0.29) is 5.91 Å². The van der Waals surface area contributed by atoms with Gasteiger partial charge in [-0.25, -0.2) is 0 Å². The van der Waals surface area contributed by atoms with Crippen molar-refractivity contribution in [2.24, 2.45) is 0 Å². The van der Waals surface area contributed by atoms with E-state index < -0.39 is 0 Å². The normalized spacial score (nSPS) is 14.1. The number of hydrogen-bond donors (Lipinski definition) is 0. The van der Waals surface area contributed by atoms with E-state index in [1.165, 1.54) is 5.69 Å². The molecule has 1 aliphatic rings. The molecular weight excluding hydrogens is 386 g/mol. The first-order chi connectivity index (χ1) is 15.2. The van der Waals surface area contributed by atoms with Gasteiger partial charge in [0.2, 0.25) is 0 Å². The van der Waals surface area contributed by atoms with Crippen LogP contribution in [0.1, 0.15) is 16.1 Å². The van der Waals surface area contributed by atoms with Gasteiger partial charge in [0.05, 0.1) is 16.9 Å². The Labute approximate surface area is 181 Å². The van der Waals surface area contributed by atoms with Crippen LogP contribution in [-0.2, 0) is 0 Å². The predicted molar refractivity (Wildman–Crippen MR) is 122 cm³/mol. The molecule has 6 heteroatoms. The summed E-state index contributed by atoms with van der Waals surface area (Å²) in [7, 11) is 0. The lowest BCUT2D eigenvalue weighted by Gasteiger charge is -2.36. The molecule has 0 atom stereocenters. The van der Waals surface area contributed by atoms with E-state index in [4.69, 9.17) is 0 Å². The zero-order valence-corrected chi connectivity index (χ0v) is 17.4. The molecule has 1 aromatic carbocycles. The average Bonchev–Trinajstić information content (AvgIpc) is 2.84. The number of hydrogen-bond acceptors (Lipinski definition) is 5. The molecule has 0 N–H and O–H groups in total. The molecular formula is C25H23N5O. The molecule has 0 aliphatic carbocycles. The minimum absolute atomic E-state index is 0.0370. The maximum Gasteiger partial charge on any atom is 0.254 e. The molecule has 1 amide bonds. The Balaban J connectivity index is 1.33. The van der Waals surface area contributed by atoms with E-state index in [1.54, 1.807) is 18.5 Å². The van der Waals surface area contributed by atoms with Crippen molar-refractivity contribution in [2.45, 2.75) is 6.92 Å². The average molecular weight is 409 g/mol. The number of amides is 1. The summed E-state index contributed by atoms with van der Waals surface area (Å²) in [5.41, 5.74) is 5.33. The lowest BCUT2D eigenvalue weighted by Crippen LogP contribution is -2.48. The number of anilines is 1. The number of carbonyl (C=O) groups is 1. The van der Waals surface area contributed by atoms with Crippen LogP contribution in [0, 0.1) is 6.92 Å². The zero-order valence-electron chi connectivity index (χ0n) is 17.4. The van der Waals surface area contributed by atoms with Crippen molar-refractivity contribution in [2.75, 3.05) is 31.1 Å². The number of aromatic nitrogens is 3. The molecule has 3 aromatic heterocycles. The largest absolute Gasteiger partial charge is 0.367 e. The fraction of sp³-hybridized carbons (Fsp3) is 0.200. The second kappa shape index (κ2) is 8.14. The summed E-state index contributed by atoms with van der Waals surface area (Å²) in [5, 5.41) is 1.15. The van der Waals surface area contributed by atoms with Crippen molar-refractivity contribution in [3.63, 3.8) is 0 Å². The van der Waals surface area contributed by atoms with E-state index in [0.717, 1.165) is 35.4 Å². The van der Waals surface area contributed by atoms with Gasteiger partial charge >= 0.3 is 0 Å². The third-order valence-corrected chi connectivity index (χ3v) is 5.66. The second-order valence-corrected chi connectivity index (χ2v) is 7.72. The van der Waals surface area contributed by atoms with Crippen molar-refractivity contribution < 1.29 is 4.79 Å². The highest BCUT2D eigenvalue weighted by Gasteiger charge is 2.24. The summed E-state index contributed by atoms with van der Waals surface area (Å²) in [4.78, 5) is 30.8. The third kappa shape index (κ3) is 3.84. The molecule has 4 aromatic rings. The fourth-order valence-electron chi connectivity index (χ4n) is 4.10. The summed E-state index contributed by atoms with van der Waals surface area (Å²) in [6.45, 7) is 4.96. The van der Waals surface area contributed by atoms with Crippen LogP contribution in [0.2, 0.25) is 0 Å². The number of carbonyl (C=O) groups excluding carboxylic acids is 1. The number of para-hydroxylation sites is 1. The quantitative estimate of drug-likeness (QED) is 0.513. The molecule has 4 heterocycles. The number of fused-ring (bicyclic) bond motifs is 1. The molecule has 0 spiro atoms. The van der Waals surface area contributed by atoms with Gasteiger partial charge in [0.15, 0.2) is 0 Å². The van der Waals surface area contributed by atoms with Crippen molar-refractivity contribution in [3.8, 4) is 11.4 Å². The Kier molecular flexibility index (Phi) is 5.04. The highest BCUT2D eigenvalue weighted by atomic mass is 16.2. The van der Waals surface area contributed by atoms with Gasteiger partial charge in [-0.05, 0) is 43.3 Å². The molecule has 1 aliphatic heterocycles. The number of rotatable bonds is 3. The van der Waals surface area contributed by atoms with Crippen molar-refractivity contribution >= 4 is 22.5 Å². The van der Waals surface area contributed by atoms with E-state index in [2.05, 4.69) is 32.0 Å². The number of nitrogens with zero attached hydrogens (tertiary/aromatic N) is 5. The smallest absolute Gasteiger partial charge is 0.254 e. The highest BCUT2D eigenvalue weighted by Crippen LogP contribution is 2.28. The van der Waals surface area contributed by atoms with E-state index in [9.17, 15) is 4.79 Å². The third-order valence-electron chi connectivity index (χ3n) is 5.66. The Bertz CT molecular complexity index is 1230. The number of benzene rings is 1. The Morgan fingerprint density at radius 2 is 1.61 bits per heavy atom. The SMILES string of the molecule is Cc1cc(N2CCN(C(=O)c3ccnc(-c4ccccn4)c3)CC2)c2ccccc2n1. The molecule has 0 radical (unpaired) electrons. The van der Waals surface area contributed by atoms with E-state index in [0.29, 0.717) is 24.3 Å². The topological polar surface area (TPSA) is 62.2 Å². The van der Waals surface area contributed by atoms with Crippen LogP contribution in [0.5, 0.6) is 0 Å². The van der Waals surface area contributed by atoms with Crippen LogP contribution >= 0.6 is 0 Å². The van der Waals surface area contributed by atoms with Gasteiger partial charge in [-0.1, -0.05) is 24.3 Å². The summed E-state index contributed by atoms with van der Waals surface area (Å²) < 4.78 is 0. The van der Waals surface area contributed by atoms with Gasteiger partial charge in [-0.3, -0.25) is 19.7 Å². The van der Waals surface area contributed by atoms with Crippen LogP contribution in [0.4, 0.5) is 5.69 Å². The van der Waals surface area contributed by atoms with Crippen LogP contribution in [-0.4, -0.2) is 51.9 Å². The first kappa shape index (κ1) is 19.2. The highest BCUT2D eigenvalue weighted by molar-refractivity contribution is 5.95. The van der Waals surface area contributed by atoms with Gasteiger partial charge in [0.25, 0.3) is 5.91 Å². The van der Waals surface area contributed by atoms with Gasteiger partial charge in [0, 0.05) is 60.9 Å². The Morgan fingerprint density at radius 3 is 2.42 bits per heavy atom. The van der Waals surface area contributed by atoms with Crippen molar-refractivity contribution in [1.29, 1.82) is 0 Å². The number of pyridine rings is 3. The zero-order chi connectivity index (χ0) is 21.2. The Hall–Kier alpha value is -3.80. The summed E-state index contributed by atoms with van der Waals surface area (Å²) in [6.07, 6.45) is 3.41. The summed E-state index contributed by atoms with van der Waals surface area (Å²) in [6, 6.07) is 19.7. The molecule has 5 rings (SSSR count).